The third-order valence-electron chi connectivity index (χ3n) is 2.68. The standard InChI is InChI=1S/C13H10BrNO2S/c14-12-5-8(7-18-12)10(16)6-13-15-9-3-1-2-4-11(9)17-13/h1-5,7,10,16H,6H2. The number of hydrogen-bond acceptors (Lipinski definition) is 4. The predicted octanol–water partition coefficient (Wildman–Crippen LogP) is 3.93. The van der Waals surface area contributed by atoms with Crippen molar-refractivity contribution in [3.8, 4) is 0 Å². The van der Waals surface area contributed by atoms with Crippen LogP contribution < -0.4 is 0 Å². The van der Waals surface area contributed by atoms with Gasteiger partial charge in [0.2, 0.25) is 0 Å². The lowest BCUT2D eigenvalue weighted by Gasteiger charge is -2.04. The molecule has 2 heterocycles. The van der Waals surface area contributed by atoms with E-state index in [4.69, 9.17) is 4.42 Å². The van der Waals surface area contributed by atoms with Crippen molar-refractivity contribution in [3.05, 3.63) is 51.0 Å². The van der Waals surface area contributed by atoms with Crippen LogP contribution in [0.15, 0.2) is 43.9 Å². The maximum atomic E-state index is 10.1. The van der Waals surface area contributed by atoms with E-state index in [9.17, 15) is 5.11 Å². The third-order valence-corrected chi connectivity index (χ3v) is 4.20. The fourth-order valence-corrected chi connectivity index (χ4v) is 3.01. The molecule has 1 unspecified atom stereocenters. The normalized spacial score (nSPS) is 13.0. The zero-order valence-electron chi connectivity index (χ0n) is 9.34. The maximum Gasteiger partial charge on any atom is 0.198 e. The number of benzene rings is 1. The number of aliphatic hydroxyl groups excluding tert-OH is 1. The van der Waals surface area contributed by atoms with Gasteiger partial charge in [0, 0.05) is 0 Å². The zero-order valence-corrected chi connectivity index (χ0v) is 11.7. The molecule has 0 bridgehead atoms. The highest BCUT2D eigenvalue weighted by atomic mass is 79.9. The average molecular weight is 324 g/mol. The first-order chi connectivity index (χ1) is 8.72. The molecule has 1 N–H and O–H groups in total. The number of thiophene rings is 1. The summed E-state index contributed by atoms with van der Waals surface area (Å²) < 4.78 is 6.60. The van der Waals surface area contributed by atoms with E-state index in [2.05, 4.69) is 20.9 Å². The number of fused-ring (bicyclic) bond motifs is 1. The number of nitrogens with zero attached hydrogens (tertiary/aromatic N) is 1. The van der Waals surface area contributed by atoms with Crippen molar-refractivity contribution < 1.29 is 9.52 Å². The minimum absolute atomic E-state index is 0.387. The number of rotatable bonds is 3. The van der Waals surface area contributed by atoms with Gasteiger partial charge in [0.05, 0.1) is 16.3 Å². The van der Waals surface area contributed by atoms with E-state index in [0.29, 0.717) is 12.3 Å². The topological polar surface area (TPSA) is 46.3 Å². The van der Waals surface area contributed by atoms with Crippen LogP contribution in [0.2, 0.25) is 0 Å². The minimum Gasteiger partial charge on any atom is -0.441 e. The Morgan fingerprint density at radius 3 is 2.94 bits per heavy atom. The van der Waals surface area contributed by atoms with Crippen LogP contribution in [0.1, 0.15) is 17.6 Å². The van der Waals surface area contributed by atoms with Gasteiger partial charge < -0.3 is 9.52 Å². The first kappa shape index (κ1) is 11.9. The summed E-state index contributed by atoms with van der Waals surface area (Å²) in [5.74, 6) is 0.561. The number of aliphatic hydroxyl groups is 1. The fourth-order valence-electron chi connectivity index (χ4n) is 1.79. The van der Waals surface area contributed by atoms with Gasteiger partial charge in [-0.1, -0.05) is 12.1 Å². The lowest BCUT2D eigenvalue weighted by atomic mass is 10.1. The largest absolute Gasteiger partial charge is 0.441 e. The summed E-state index contributed by atoms with van der Waals surface area (Å²) in [7, 11) is 0. The first-order valence-electron chi connectivity index (χ1n) is 5.49. The summed E-state index contributed by atoms with van der Waals surface area (Å²) in [5.41, 5.74) is 2.46. The number of hydrogen-bond donors (Lipinski definition) is 1. The summed E-state index contributed by atoms with van der Waals surface area (Å²) in [4.78, 5) is 4.35. The number of oxazole rings is 1. The van der Waals surface area contributed by atoms with E-state index in [-0.39, 0.29) is 0 Å². The van der Waals surface area contributed by atoms with Crippen molar-refractivity contribution in [2.24, 2.45) is 0 Å². The molecule has 0 aliphatic heterocycles. The van der Waals surface area contributed by atoms with Crippen molar-refractivity contribution in [2.45, 2.75) is 12.5 Å². The Morgan fingerprint density at radius 1 is 1.39 bits per heavy atom. The average Bonchev–Trinajstić information content (AvgIpc) is 2.94. The summed E-state index contributed by atoms with van der Waals surface area (Å²) >= 11 is 4.94. The molecule has 0 fully saturated rings. The van der Waals surface area contributed by atoms with E-state index in [1.165, 1.54) is 0 Å². The highest BCUT2D eigenvalue weighted by Crippen LogP contribution is 2.27. The molecule has 0 saturated carbocycles. The molecule has 0 spiro atoms. The quantitative estimate of drug-likeness (QED) is 0.794. The molecule has 92 valence electrons. The minimum atomic E-state index is -0.583. The van der Waals surface area contributed by atoms with Gasteiger partial charge >= 0.3 is 0 Å². The van der Waals surface area contributed by atoms with E-state index in [1.54, 1.807) is 11.3 Å². The second kappa shape index (κ2) is 4.84. The molecule has 0 amide bonds. The Morgan fingerprint density at radius 2 is 2.22 bits per heavy atom. The molecule has 5 heteroatoms. The second-order valence-electron chi connectivity index (χ2n) is 3.98. The van der Waals surface area contributed by atoms with Crippen LogP contribution in [-0.2, 0) is 6.42 Å². The van der Waals surface area contributed by atoms with E-state index >= 15 is 0 Å². The lowest BCUT2D eigenvalue weighted by Crippen LogP contribution is -2.00. The molecule has 18 heavy (non-hydrogen) atoms. The molecule has 1 atom stereocenters. The fraction of sp³-hybridized carbons (Fsp3) is 0.154. The van der Waals surface area contributed by atoms with E-state index in [0.717, 1.165) is 20.4 Å². The summed E-state index contributed by atoms with van der Waals surface area (Å²) in [6, 6.07) is 9.51. The Hall–Kier alpha value is -1.17. The van der Waals surface area contributed by atoms with Crippen molar-refractivity contribution in [1.82, 2.24) is 4.98 Å². The van der Waals surface area contributed by atoms with Crippen LogP contribution in [0.5, 0.6) is 0 Å². The second-order valence-corrected chi connectivity index (χ2v) is 6.27. The smallest absolute Gasteiger partial charge is 0.198 e. The number of aromatic nitrogens is 1. The summed E-state index contributed by atoms with van der Waals surface area (Å²) in [5, 5.41) is 12.0. The molecular weight excluding hydrogens is 314 g/mol. The monoisotopic (exact) mass is 323 g/mol. The molecule has 3 aromatic rings. The Bertz CT molecular complexity index is 643. The maximum absolute atomic E-state index is 10.1. The predicted molar refractivity (Wildman–Crippen MR) is 74.7 cm³/mol. The van der Waals surface area contributed by atoms with Gasteiger partial charge in [-0.25, -0.2) is 4.98 Å². The van der Waals surface area contributed by atoms with Crippen LogP contribution in [-0.4, -0.2) is 10.1 Å². The Kier molecular flexibility index (Phi) is 3.20. The van der Waals surface area contributed by atoms with Crippen LogP contribution in [0, 0.1) is 0 Å². The van der Waals surface area contributed by atoms with Crippen molar-refractivity contribution in [2.75, 3.05) is 0 Å². The molecule has 3 nitrogen and oxygen atoms in total. The number of halogens is 1. The molecule has 0 aliphatic carbocycles. The van der Waals surface area contributed by atoms with Crippen LogP contribution in [0.3, 0.4) is 0 Å². The van der Waals surface area contributed by atoms with Gasteiger partial charge in [0.25, 0.3) is 0 Å². The molecule has 0 radical (unpaired) electrons. The van der Waals surface area contributed by atoms with Gasteiger partial charge in [0.1, 0.15) is 5.52 Å². The van der Waals surface area contributed by atoms with E-state index < -0.39 is 6.10 Å². The third kappa shape index (κ3) is 2.34. The SMILES string of the molecule is OC(Cc1nc2ccccc2o1)c1csc(Br)c1. The van der Waals surface area contributed by atoms with Crippen molar-refractivity contribution >= 4 is 38.4 Å². The Balaban J connectivity index is 1.83. The van der Waals surface area contributed by atoms with Crippen LogP contribution in [0.4, 0.5) is 0 Å². The number of para-hydroxylation sites is 2. The molecule has 0 saturated heterocycles. The highest BCUT2D eigenvalue weighted by molar-refractivity contribution is 9.11. The summed E-state index contributed by atoms with van der Waals surface area (Å²) in [6.45, 7) is 0. The van der Waals surface area contributed by atoms with Crippen molar-refractivity contribution in [1.29, 1.82) is 0 Å². The first-order valence-corrected chi connectivity index (χ1v) is 7.16. The van der Waals surface area contributed by atoms with Gasteiger partial charge in [-0.05, 0) is 45.1 Å². The lowest BCUT2D eigenvalue weighted by molar-refractivity contribution is 0.170. The van der Waals surface area contributed by atoms with E-state index in [1.807, 2.05) is 35.7 Å². The van der Waals surface area contributed by atoms with Gasteiger partial charge in [-0.2, -0.15) is 0 Å². The molecule has 2 aromatic heterocycles. The molecule has 1 aromatic carbocycles. The zero-order chi connectivity index (χ0) is 12.5. The van der Waals surface area contributed by atoms with Gasteiger partial charge in [-0.3, -0.25) is 0 Å². The van der Waals surface area contributed by atoms with Gasteiger partial charge in [0.15, 0.2) is 11.5 Å². The van der Waals surface area contributed by atoms with Crippen LogP contribution >= 0.6 is 27.3 Å². The van der Waals surface area contributed by atoms with Crippen LogP contribution in [0.25, 0.3) is 11.1 Å². The Labute approximate surface area is 116 Å². The summed E-state index contributed by atoms with van der Waals surface area (Å²) in [6.07, 6.45) is -0.196. The molecule has 3 rings (SSSR count). The van der Waals surface area contributed by atoms with Crippen molar-refractivity contribution in [3.63, 3.8) is 0 Å². The molecular formula is C13H10BrNO2S. The highest BCUT2D eigenvalue weighted by Gasteiger charge is 2.14. The molecule has 0 aliphatic rings. The van der Waals surface area contributed by atoms with Gasteiger partial charge in [-0.15, -0.1) is 11.3 Å².